The van der Waals surface area contributed by atoms with Gasteiger partial charge in [0.25, 0.3) is 0 Å². The average Bonchev–Trinajstić information content (AvgIpc) is 3.47. The van der Waals surface area contributed by atoms with Crippen LogP contribution < -0.4 is 9.47 Å². The van der Waals surface area contributed by atoms with Gasteiger partial charge in [0.05, 0.1) is 45.5 Å². The first kappa shape index (κ1) is 52.0. The molecule has 4 heterocycles. The summed E-state index contributed by atoms with van der Waals surface area (Å²) in [4.78, 5) is 63.6. The topological polar surface area (TPSA) is 154 Å². The van der Waals surface area contributed by atoms with Gasteiger partial charge in [-0.05, 0) is 111 Å². The zero-order valence-electron chi connectivity index (χ0n) is 40.7. The molecule has 6 aromatic rings. The predicted octanol–water partition coefficient (Wildman–Crippen LogP) is 6.51. The third-order valence-electron chi connectivity index (χ3n) is 11.2. The maximum atomic E-state index is 12.9. The summed E-state index contributed by atoms with van der Waals surface area (Å²) in [5.41, 5.74) is 9.49. The number of benzene rings is 3. The van der Waals surface area contributed by atoms with Crippen LogP contribution in [-0.2, 0) is 38.7 Å². The minimum Gasteiger partial charge on any atom is -0.497 e. The number of methoxy groups -OCH3 is 4. The van der Waals surface area contributed by atoms with Gasteiger partial charge in [-0.25, -0.2) is 19.6 Å². The lowest BCUT2D eigenvalue weighted by Crippen LogP contribution is -2.36. The van der Waals surface area contributed by atoms with E-state index in [1.165, 1.54) is 14.2 Å². The number of rotatable bonds is 10. The van der Waals surface area contributed by atoms with Gasteiger partial charge >= 0.3 is 18.1 Å². The number of pyridine rings is 3. The third kappa shape index (κ3) is 16.4. The van der Waals surface area contributed by atoms with Crippen LogP contribution in [-0.4, -0.2) is 115 Å². The van der Waals surface area contributed by atoms with Crippen molar-refractivity contribution in [2.75, 3.05) is 67.7 Å². The Kier molecular flexibility index (Phi) is 19.3. The summed E-state index contributed by atoms with van der Waals surface area (Å²) < 4.78 is 20.8. The molecule has 0 amide bonds. The van der Waals surface area contributed by atoms with E-state index in [1.54, 1.807) is 26.4 Å². The highest BCUT2D eigenvalue weighted by atomic mass is 16.5. The molecule has 0 aliphatic carbocycles. The molecule has 1 aliphatic heterocycles. The fourth-order valence-electron chi connectivity index (χ4n) is 7.55. The van der Waals surface area contributed by atoms with Crippen LogP contribution in [0.5, 0.6) is 11.5 Å². The summed E-state index contributed by atoms with van der Waals surface area (Å²) in [6.45, 7) is 9.75. The van der Waals surface area contributed by atoms with E-state index >= 15 is 0 Å². The SMILES string of the molecule is COC(=O)c1cc(C#Cc2ccc(C)cc2)cc(CN2CCN(Cc3cc(C#Cc4ccc(OC)cc4)cc(C)n3)CCN(Cc3cc(C#Cc4ccc(OC)cc4)cc(C(=O)OC)n3)CC2)n1.O=C=O. The van der Waals surface area contributed by atoms with Crippen molar-refractivity contribution >= 4 is 18.1 Å². The van der Waals surface area contributed by atoms with Crippen LogP contribution in [0.4, 0.5) is 0 Å². The summed E-state index contributed by atoms with van der Waals surface area (Å²) in [5.74, 6) is 20.0. The average molecular weight is 951 g/mol. The van der Waals surface area contributed by atoms with Crippen molar-refractivity contribution in [2.24, 2.45) is 0 Å². The maximum absolute atomic E-state index is 12.9. The molecule has 0 spiro atoms. The molecule has 71 heavy (non-hydrogen) atoms. The highest BCUT2D eigenvalue weighted by Gasteiger charge is 2.21. The van der Waals surface area contributed by atoms with Crippen LogP contribution in [0.25, 0.3) is 0 Å². The van der Waals surface area contributed by atoms with Gasteiger partial charge in [-0.1, -0.05) is 53.2 Å². The molecule has 360 valence electrons. The Bertz CT molecular complexity index is 3030. The molecule has 0 N–H and O–H groups in total. The number of esters is 2. The Morgan fingerprint density at radius 2 is 0.761 bits per heavy atom. The number of ether oxygens (including phenoxy) is 4. The van der Waals surface area contributed by atoms with E-state index < -0.39 is 11.9 Å². The number of aromatic nitrogens is 3. The second-order valence-corrected chi connectivity index (χ2v) is 16.4. The van der Waals surface area contributed by atoms with Gasteiger partial charge in [-0.15, -0.1) is 0 Å². The summed E-state index contributed by atoms with van der Waals surface area (Å²) in [6, 6.07) is 34.5. The number of aryl methyl sites for hydroxylation is 2. The molecule has 1 fully saturated rings. The van der Waals surface area contributed by atoms with Gasteiger partial charge in [0.1, 0.15) is 22.9 Å². The quantitative estimate of drug-likeness (QED) is 0.108. The molecular weight excluding hydrogens is 897 g/mol. The highest BCUT2D eigenvalue weighted by Crippen LogP contribution is 2.17. The first-order valence-electron chi connectivity index (χ1n) is 22.7. The number of nitrogens with zero attached hydrogens (tertiary/aromatic N) is 6. The predicted molar refractivity (Wildman–Crippen MR) is 266 cm³/mol. The summed E-state index contributed by atoms with van der Waals surface area (Å²) in [5, 5.41) is 0. The lowest BCUT2D eigenvalue weighted by molar-refractivity contribution is -0.191. The third-order valence-corrected chi connectivity index (χ3v) is 11.2. The summed E-state index contributed by atoms with van der Waals surface area (Å²) in [6.07, 6.45) is 0.250. The monoisotopic (exact) mass is 950 g/mol. The summed E-state index contributed by atoms with van der Waals surface area (Å²) in [7, 11) is 5.97. The minimum atomic E-state index is -0.538. The largest absolute Gasteiger partial charge is 0.497 e. The van der Waals surface area contributed by atoms with Crippen molar-refractivity contribution in [1.29, 1.82) is 0 Å². The van der Waals surface area contributed by atoms with Crippen molar-refractivity contribution < 1.29 is 38.1 Å². The Balaban J connectivity index is 0.00000268. The van der Waals surface area contributed by atoms with E-state index in [0.29, 0.717) is 68.3 Å². The van der Waals surface area contributed by atoms with Crippen LogP contribution in [0.1, 0.15) is 82.7 Å². The van der Waals surface area contributed by atoms with Crippen LogP contribution in [0, 0.1) is 49.4 Å². The first-order valence-corrected chi connectivity index (χ1v) is 22.7. The zero-order chi connectivity index (χ0) is 50.5. The van der Waals surface area contributed by atoms with Gasteiger partial charge in [0, 0.05) is 98.0 Å². The highest BCUT2D eigenvalue weighted by molar-refractivity contribution is 5.88. The van der Waals surface area contributed by atoms with Gasteiger partial charge in [-0.3, -0.25) is 19.7 Å². The molecule has 14 heteroatoms. The van der Waals surface area contributed by atoms with Crippen LogP contribution in [0.3, 0.4) is 0 Å². The van der Waals surface area contributed by atoms with E-state index in [2.05, 4.69) is 56.3 Å². The maximum Gasteiger partial charge on any atom is 0.373 e. The fraction of sp³-hybridized carbons (Fsp3) is 0.263. The molecular formula is C57H54N6O8. The van der Waals surface area contributed by atoms with Gasteiger partial charge < -0.3 is 18.9 Å². The first-order chi connectivity index (χ1) is 34.4. The lowest BCUT2D eigenvalue weighted by Gasteiger charge is -2.25. The Morgan fingerprint density at radius 1 is 0.451 bits per heavy atom. The molecule has 0 saturated carbocycles. The molecule has 14 nitrogen and oxygen atoms in total. The molecule has 1 aliphatic rings. The Labute approximate surface area is 415 Å². The molecule has 0 unspecified atom stereocenters. The minimum absolute atomic E-state index is 0.186. The Hall–Kier alpha value is -8.41. The number of carbonyl (C=O) groups is 2. The molecule has 0 atom stereocenters. The van der Waals surface area contributed by atoms with Gasteiger partial charge in [0.15, 0.2) is 0 Å². The van der Waals surface area contributed by atoms with Crippen LogP contribution in [0.2, 0.25) is 0 Å². The number of carbonyl (C=O) groups excluding carboxylic acids is 4. The van der Waals surface area contributed by atoms with Crippen molar-refractivity contribution in [3.63, 3.8) is 0 Å². The van der Waals surface area contributed by atoms with Crippen molar-refractivity contribution in [2.45, 2.75) is 33.5 Å². The van der Waals surface area contributed by atoms with Gasteiger partial charge in [0.2, 0.25) is 0 Å². The molecule has 3 aromatic carbocycles. The summed E-state index contributed by atoms with van der Waals surface area (Å²) >= 11 is 0. The standard InChI is InChI=1S/C56H54N6O6.CO2/c1-40-7-9-42(10-8-40)12-15-46-33-49(58-53(35-46)55(63)67-5)38-61-27-25-60(37-48-32-45(31-41(2)57-48)14-11-43-17-21-51(65-3)22-18-43)26-28-62(30-29-61)39-50-34-47(36-54(59-50)56(64)68-6)16-13-44-19-23-52(66-4)24-20-44;2-1-3/h7-10,17-24,31-36H,25-30,37-39H2,1-6H3;. The van der Waals surface area contributed by atoms with Gasteiger partial charge in [-0.2, -0.15) is 9.59 Å². The van der Waals surface area contributed by atoms with Crippen molar-refractivity contribution in [3.8, 4) is 47.0 Å². The number of hydrogen-bond donors (Lipinski definition) is 0. The normalized spacial score (nSPS) is 12.7. The smallest absolute Gasteiger partial charge is 0.373 e. The second kappa shape index (κ2) is 26.4. The second-order valence-electron chi connectivity index (χ2n) is 16.4. The number of hydrogen-bond acceptors (Lipinski definition) is 14. The van der Waals surface area contributed by atoms with E-state index in [1.807, 2.05) is 105 Å². The molecule has 7 rings (SSSR count). The van der Waals surface area contributed by atoms with Crippen molar-refractivity contribution in [3.05, 3.63) is 182 Å². The lowest BCUT2D eigenvalue weighted by atomic mass is 10.1. The molecule has 3 aromatic heterocycles. The van der Waals surface area contributed by atoms with E-state index in [9.17, 15) is 9.59 Å². The molecule has 0 radical (unpaired) electrons. The van der Waals surface area contributed by atoms with Crippen LogP contribution >= 0.6 is 0 Å². The van der Waals surface area contributed by atoms with E-state index in [4.69, 9.17) is 43.5 Å². The van der Waals surface area contributed by atoms with E-state index in [0.717, 1.165) is 63.8 Å². The molecule has 0 bridgehead atoms. The van der Waals surface area contributed by atoms with Crippen molar-refractivity contribution in [1.82, 2.24) is 29.7 Å². The Morgan fingerprint density at radius 3 is 1.10 bits per heavy atom. The molecule has 1 saturated heterocycles. The fourth-order valence-corrected chi connectivity index (χ4v) is 7.55. The van der Waals surface area contributed by atoms with E-state index in [-0.39, 0.29) is 17.5 Å². The van der Waals surface area contributed by atoms with Crippen LogP contribution in [0.15, 0.2) is 109 Å². The zero-order valence-corrected chi connectivity index (χ0v) is 40.7.